The van der Waals surface area contributed by atoms with E-state index >= 15 is 0 Å². The Morgan fingerprint density at radius 1 is 1.23 bits per heavy atom. The molecule has 0 atom stereocenters. The lowest BCUT2D eigenvalue weighted by Gasteiger charge is -2.17. The van der Waals surface area contributed by atoms with Gasteiger partial charge in [0.1, 0.15) is 0 Å². The number of carboxylic acids is 1. The van der Waals surface area contributed by atoms with Crippen LogP contribution in [-0.4, -0.2) is 29.3 Å². The Morgan fingerprint density at radius 2 is 2.00 bits per heavy atom. The largest absolute Gasteiger partial charge is 0.493 e. The second kappa shape index (κ2) is 6.13. The molecule has 0 spiro atoms. The minimum atomic E-state index is -0.953. The highest BCUT2D eigenvalue weighted by molar-refractivity contribution is 5.96. The van der Waals surface area contributed by atoms with E-state index in [0.717, 1.165) is 18.4 Å². The highest BCUT2D eigenvalue weighted by atomic mass is 16.5. The number of hydrogen-bond acceptors (Lipinski definition) is 3. The molecule has 5 heteroatoms. The molecule has 116 valence electrons. The first-order chi connectivity index (χ1) is 10.7. The minimum Gasteiger partial charge on any atom is -0.493 e. The minimum absolute atomic E-state index is 0.217. The molecule has 1 aromatic carbocycles. The van der Waals surface area contributed by atoms with E-state index in [4.69, 9.17) is 9.47 Å². The molecule has 1 aromatic heterocycles. The number of H-pyrrole nitrogens is 1. The molecule has 5 nitrogen and oxygen atoms in total. The summed E-state index contributed by atoms with van der Waals surface area (Å²) in [6, 6.07) is 5.51. The van der Waals surface area contributed by atoms with E-state index < -0.39 is 5.97 Å². The van der Waals surface area contributed by atoms with Gasteiger partial charge in [0.25, 0.3) is 0 Å². The molecule has 0 bridgehead atoms. The first-order valence-corrected chi connectivity index (χ1v) is 7.44. The van der Waals surface area contributed by atoms with Gasteiger partial charge < -0.3 is 19.6 Å². The number of aromatic nitrogens is 1. The van der Waals surface area contributed by atoms with Crippen LogP contribution in [0, 0.1) is 0 Å². The second-order valence-electron chi connectivity index (χ2n) is 5.48. The topological polar surface area (TPSA) is 71.6 Å². The van der Waals surface area contributed by atoms with E-state index in [-0.39, 0.29) is 11.7 Å². The summed E-state index contributed by atoms with van der Waals surface area (Å²) in [4.78, 5) is 14.1. The van der Waals surface area contributed by atoms with Crippen molar-refractivity contribution in [2.45, 2.75) is 31.8 Å². The van der Waals surface area contributed by atoms with Gasteiger partial charge in [0.05, 0.1) is 18.8 Å². The van der Waals surface area contributed by atoms with Crippen LogP contribution < -0.4 is 9.47 Å². The average molecular weight is 301 g/mol. The third-order valence-corrected chi connectivity index (χ3v) is 4.05. The van der Waals surface area contributed by atoms with Crippen LogP contribution in [0.25, 0.3) is 11.1 Å². The Hall–Kier alpha value is -2.43. The van der Waals surface area contributed by atoms with Gasteiger partial charge in [-0.15, -0.1) is 0 Å². The molecule has 1 saturated carbocycles. The number of benzene rings is 1. The molecule has 1 aliphatic carbocycles. The number of rotatable bonds is 5. The van der Waals surface area contributed by atoms with Crippen LogP contribution in [0.3, 0.4) is 0 Å². The van der Waals surface area contributed by atoms with Crippen LogP contribution in [0.5, 0.6) is 11.5 Å². The molecule has 0 radical (unpaired) electrons. The maximum Gasteiger partial charge on any atom is 0.337 e. The summed E-state index contributed by atoms with van der Waals surface area (Å²) >= 11 is 0. The second-order valence-corrected chi connectivity index (χ2v) is 5.48. The summed E-state index contributed by atoms with van der Waals surface area (Å²) in [5.74, 6) is 0.387. The van der Waals surface area contributed by atoms with E-state index in [0.29, 0.717) is 17.1 Å². The van der Waals surface area contributed by atoms with Crippen molar-refractivity contribution in [2.75, 3.05) is 7.11 Å². The van der Waals surface area contributed by atoms with E-state index in [9.17, 15) is 9.90 Å². The highest BCUT2D eigenvalue weighted by Gasteiger charge is 2.20. The molecule has 0 aliphatic heterocycles. The zero-order valence-electron chi connectivity index (χ0n) is 12.5. The number of carboxylic acid groups (broad SMARTS) is 1. The van der Waals surface area contributed by atoms with Crippen LogP contribution in [0.4, 0.5) is 0 Å². The lowest BCUT2D eigenvalue weighted by atomic mass is 10.0. The molecular weight excluding hydrogens is 282 g/mol. The molecule has 0 amide bonds. The fourth-order valence-corrected chi connectivity index (χ4v) is 2.90. The summed E-state index contributed by atoms with van der Waals surface area (Å²) < 4.78 is 11.4. The number of aromatic amines is 1. The Kier molecular flexibility index (Phi) is 4.04. The molecule has 22 heavy (non-hydrogen) atoms. The summed E-state index contributed by atoms with van der Waals surface area (Å²) in [6.45, 7) is 0. The number of hydrogen-bond donors (Lipinski definition) is 2. The van der Waals surface area contributed by atoms with E-state index in [1.807, 2.05) is 18.2 Å². The molecular formula is C17H19NO4. The van der Waals surface area contributed by atoms with Crippen LogP contribution >= 0.6 is 0 Å². The molecule has 0 saturated heterocycles. The van der Waals surface area contributed by atoms with Gasteiger partial charge in [0.2, 0.25) is 0 Å². The van der Waals surface area contributed by atoms with Crippen LogP contribution in [-0.2, 0) is 0 Å². The Labute approximate surface area is 128 Å². The van der Waals surface area contributed by atoms with E-state index in [1.165, 1.54) is 19.0 Å². The summed E-state index contributed by atoms with van der Waals surface area (Å²) in [7, 11) is 1.61. The van der Waals surface area contributed by atoms with Crippen molar-refractivity contribution >= 4 is 5.97 Å². The van der Waals surface area contributed by atoms with Crippen molar-refractivity contribution in [1.82, 2.24) is 4.98 Å². The van der Waals surface area contributed by atoms with Crippen molar-refractivity contribution < 1.29 is 19.4 Å². The van der Waals surface area contributed by atoms with E-state index in [2.05, 4.69) is 4.98 Å². The lowest BCUT2D eigenvalue weighted by molar-refractivity contribution is 0.0698. The standard InChI is InChI=1S/C17H19NO4/c1-21-15-7-6-11(13-9-18-10-14(13)17(19)20)8-16(15)22-12-4-2-3-5-12/h6-10,12,18H,2-5H2,1H3,(H,19,20). The predicted octanol–water partition coefficient (Wildman–Crippen LogP) is 3.71. The fraction of sp³-hybridized carbons (Fsp3) is 0.353. The third kappa shape index (κ3) is 2.79. The van der Waals surface area contributed by atoms with Gasteiger partial charge in [-0.25, -0.2) is 4.79 Å². The van der Waals surface area contributed by atoms with Gasteiger partial charge in [-0.2, -0.15) is 0 Å². The molecule has 2 aromatic rings. The fourth-order valence-electron chi connectivity index (χ4n) is 2.90. The SMILES string of the molecule is COc1ccc(-c2c[nH]cc2C(=O)O)cc1OC1CCCC1. The van der Waals surface area contributed by atoms with Gasteiger partial charge in [-0.05, 0) is 43.4 Å². The molecule has 0 unspecified atom stereocenters. The summed E-state index contributed by atoms with van der Waals surface area (Å²) in [6.07, 6.45) is 7.87. The number of aromatic carboxylic acids is 1. The predicted molar refractivity (Wildman–Crippen MR) is 82.6 cm³/mol. The molecule has 1 aliphatic rings. The molecule has 1 heterocycles. The van der Waals surface area contributed by atoms with Gasteiger partial charge in [0.15, 0.2) is 11.5 Å². The van der Waals surface area contributed by atoms with Crippen LogP contribution in [0.15, 0.2) is 30.6 Å². The Morgan fingerprint density at radius 3 is 2.68 bits per heavy atom. The summed E-state index contributed by atoms with van der Waals surface area (Å²) in [5, 5.41) is 9.24. The zero-order valence-corrected chi connectivity index (χ0v) is 12.5. The quantitative estimate of drug-likeness (QED) is 0.883. The number of methoxy groups -OCH3 is 1. The van der Waals surface area contributed by atoms with Gasteiger partial charge in [-0.1, -0.05) is 6.07 Å². The summed E-state index contributed by atoms with van der Waals surface area (Å²) in [5.41, 5.74) is 1.69. The Balaban J connectivity index is 1.95. The van der Waals surface area contributed by atoms with Crippen LogP contribution in [0.2, 0.25) is 0 Å². The number of carbonyl (C=O) groups is 1. The smallest absolute Gasteiger partial charge is 0.337 e. The molecule has 1 fully saturated rings. The maximum atomic E-state index is 11.3. The number of ether oxygens (including phenoxy) is 2. The van der Waals surface area contributed by atoms with Gasteiger partial charge in [-0.3, -0.25) is 0 Å². The number of nitrogens with one attached hydrogen (secondary N) is 1. The van der Waals surface area contributed by atoms with Crippen molar-refractivity contribution in [3.8, 4) is 22.6 Å². The van der Waals surface area contributed by atoms with Gasteiger partial charge >= 0.3 is 5.97 Å². The van der Waals surface area contributed by atoms with Crippen molar-refractivity contribution in [3.05, 3.63) is 36.2 Å². The third-order valence-electron chi connectivity index (χ3n) is 4.05. The normalized spacial score (nSPS) is 15.0. The molecule has 3 rings (SSSR count). The zero-order chi connectivity index (χ0) is 15.5. The monoisotopic (exact) mass is 301 g/mol. The first-order valence-electron chi connectivity index (χ1n) is 7.44. The lowest BCUT2D eigenvalue weighted by Crippen LogP contribution is -2.11. The van der Waals surface area contributed by atoms with Crippen molar-refractivity contribution in [3.63, 3.8) is 0 Å². The van der Waals surface area contributed by atoms with Gasteiger partial charge in [0, 0.05) is 18.0 Å². The Bertz CT molecular complexity index is 671. The first kappa shape index (κ1) is 14.5. The highest BCUT2D eigenvalue weighted by Crippen LogP contribution is 2.36. The van der Waals surface area contributed by atoms with Crippen molar-refractivity contribution in [2.24, 2.45) is 0 Å². The van der Waals surface area contributed by atoms with E-state index in [1.54, 1.807) is 13.3 Å². The average Bonchev–Trinajstić information content (AvgIpc) is 3.18. The molecule has 2 N–H and O–H groups in total. The maximum absolute atomic E-state index is 11.3. The van der Waals surface area contributed by atoms with Crippen LogP contribution in [0.1, 0.15) is 36.0 Å². The van der Waals surface area contributed by atoms with Crippen molar-refractivity contribution in [1.29, 1.82) is 0 Å².